The predicted octanol–water partition coefficient (Wildman–Crippen LogP) is 5.59. The summed E-state index contributed by atoms with van der Waals surface area (Å²) in [5.41, 5.74) is 0.211. The maximum absolute atomic E-state index is 13.0. The molecule has 0 spiro atoms. The van der Waals surface area contributed by atoms with Crippen LogP contribution >= 0.6 is 0 Å². The third-order valence-corrected chi connectivity index (χ3v) is 3.83. The Hall–Kier alpha value is -3.42. The smallest absolute Gasteiger partial charge is 0.416 e. The normalized spacial score (nSPS) is 11.2. The Bertz CT molecular complexity index is 985. The van der Waals surface area contributed by atoms with Crippen molar-refractivity contribution in [3.63, 3.8) is 0 Å². The van der Waals surface area contributed by atoms with E-state index >= 15 is 0 Å². The minimum absolute atomic E-state index is 0.242. The average Bonchev–Trinajstić information content (AvgIpc) is 2.63. The van der Waals surface area contributed by atoms with Crippen LogP contribution in [0.2, 0.25) is 0 Å². The van der Waals surface area contributed by atoms with Crippen molar-refractivity contribution in [2.24, 2.45) is 0 Å². The second kappa shape index (κ2) is 7.67. The van der Waals surface area contributed by atoms with Gasteiger partial charge >= 0.3 is 6.18 Å². The van der Waals surface area contributed by atoms with Crippen LogP contribution in [0.4, 0.5) is 23.2 Å². The SMILES string of the molecule is Cc1nc(F)ccc1C(=O)Nc1ccc(Oc2ccc(C(F)(F)F)cc2)cc1. The largest absolute Gasteiger partial charge is 0.457 e. The third-order valence-electron chi connectivity index (χ3n) is 3.83. The van der Waals surface area contributed by atoms with E-state index in [4.69, 9.17) is 4.74 Å². The zero-order valence-electron chi connectivity index (χ0n) is 14.5. The fourth-order valence-corrected chi connectivity index (χ4v) is 2.42. The molecule has 0 unspecified atom stereocenters. The number of amides is 1. The first-order chi connectivity index (χ1) is 13.2. The van der Waals surface area contributed by atoms with Gasteiger partial charge in [-0.1, -0.05) is 0 Å². The highest BCUT2D eigenvalue weighted by Crippen LogP contribution is 2.31. The molecule has 0 aliphatic carbocycles. The topological polar surface area (TPSA) is 51.2 Å². The maximum atomic E-state index is 13.0. The van der Waals surface area contributed by atoms with Crippen LogP contribution in [0.5, 0.6) is 11.5 Å². The van der Waals surface area contributed by atoms with Crippen LogP contribution in [0.1, 0.15) is 21.6 Å². The first-order valence-corrected chi connectivity index (χ1v) is 8.12. The van der Waals surface area contributed by atoms with E-state index in [0.717, 1.165) is 18.2 Å². The van der Waals surface area contributed by atoms with E-state index < -0.39 is 23.6 Å². The van der Waals surface area contributed by atoms with Gasteiger partial charge in [0.25, 0.3) is 5.91 Å². The summed E-state index contributed by atoms with van der Waals surface area (Å²) in [6.45, 7) is 1.53. The summed E-state index contributed by atoms with van der Waals surface area (Å²) in [4.78, 5) is 15.8. The summed E-state index contributed by atoms with van der Waals surface area (Å²) in [6.07, 6.45) is -4.41. The van der Waals surface area contributed by atoms with Crippen LogP contribution < -0.4 is 10.1 Å². The fourth-order valence-electron chi connectivity index (χ4n) is 2.42. The Morgan fingerprint density at radius 1 is 0.929 bits per heavy atom. The Kier molecular flexibility index (Phi) is 5.30. The summed E-state index contributed by atoms with van der Waals surface area (Å²) in [6, 6.07) is 13.0. The number of carbonyl (C=O) groups excluding carboxylic acids is 1. The van der Waals surface area contributed by atoms with Crippen molar-refractivity contribution in [3.8, 4) is 11.5 Å². The molecule has 0 aliphatic heterocycles. The van der Waals surface area contributed by atoms with Crippen molar-refractivity contribution >= 4 is 11.6 Å². The van der Waals surface area contributed by atoms with Gasteiger partial charge in [-0.3, -0.25) is 4.79 Å². The van der Waals surface area contributed by atoms with E-state index in [0.29, 0.717) is 11.4 Å². The van der Waals surface area contributed by atoms with Gasteiger partial charge in [-0.15, -0.1) is 0 Å². The van der Waals surface area contributed by atoms with Crippen molar-refractivity contribution in [2.75, 3.05) is 5.32 Å². The summed E-state index contributed by atoms with van der Waals surface area (Å²) >= 11 is 0. The van der Waals surface area contributed by atoms with Crippen LogP contribution in [-0.2, 0) is 6.18 Å². The molecular formula is C20H14F4N2O2. The molecule has 8 heteroatoms. The molecule has 0 atom stereocenters. The molecular weight excluding hydrogens is 376 g/mol. The predicted molar refractivity (Wildman–Crippen MR) is 94.8 cm³/mol. The molecule has 4 nitrogen and oxygen atoms in total. The van der Waals surface area contributed by atoms with Gasteiger partial charge in [0.05, 0.1) is 16.8 Å². The van der Waals surface area contributed by atoms with E-state index in [2.05, 4.69) is 10.3 Å². The number of nitrogens with one attached hydrogen (secondary N) is 1. The Balaban J connectivity index is 1.65. The second-order valence-corrected chi connectivity index (χ2v) is 5.87. The quantitative estimate of drug-likeness (QED) is 0.467. The summed E-state index contributed by atoms with van der Waals surface area (Å²) in [5.74, 6) is -0.476. The van der Waals surface area contributed by atoms with E-state index in [-0.39, 0.29) is 17.0 Å². The molecule has 0 bridgehead atoms. The van der Waals surface area contributed by atoms with Gasteiger partial charge in [0.15, 0.2) is 0 Å². The lowest BCUT2D eigenvalue weighted by atomic mass is 10.2. The first kappa shape index (κ1) is 19.3. The monoisotopic (exact) mass is 390 g/mol. The minimum atomic E-state index is -4.41. The number of alkyl halides is 3. The number of hydrogen-bond donors (Lipinski definition) is 1. The molecule has 0 aliphatic rings. The molecule has 1 N–H and O–H groups in total. The highest BCUT2D eigenvalue weighted by molar-refractivity contribution is 6.04. The van der Waals surface area contributed by atoms with Crippen molar-refractivity contribution in [3.05, 3.63) is 83.4 Å². The van der Waals surface area contributed by atoms with Crippen molar-refractivity contribution in [2.45, 2.75) is 13.1 Å². The highest BCUT2D eigenvalue weighted by Gasteiger charge is 2.30. The van der Waals surface area contributed by atoms with Gasteiger partial charge in [-0.2, -0.15) is 17.6 Å². The number of anilines is 1. The van der Waals surface area contributed by atoms with Crippen LogP contribution in [0, 0.1) is 12.9 Å². The Labute approximate surface area is 157 Å². The lowest BCUT2D eigenvalue weighted by molar-refractivity contribution is -0.137. The molecule has 3 aromatic rings. The van der Waals surface area contributed by atoms with Gasteiger partial charge in [-0.25, -0.2) is 4.98 Å². The number of pyridine rings is 1. The molecule has 0 radical (unpaired) electrons. The molecule has 0 saturated carbocycles. The Morgan fingerprint density at radius 2 is 1.50 bits per heavy atom. The van der Waals surface area contributed by atoms with Crippen molar-refractivity contribution in [1.29, 1.82) is 0 Å². The minimum Gasteiger partial charge on any atom is -0.457 e. The molecule has 28 heavy (non-hydrogen) atoms. The summed E-state index contributed by atoms with van der Waals surface area (Å²) in [5, 5.41) is 2.65. The van der Waals surface area contributed by atoms with Crippen LogP contribution in [-0.4, -0.2) is 10.9 Å². The molecule has 1 amide bonds. The lowest BCUT2D eigenvalue weighted by Gasteiger charge is -2.10. The summed E-state index contributed by atoms with van der Waals surface area (Å²) in [7, 11) is 0. The first-order valence-electron chi connectivity index (χ1n) is 8.12. The van der Waals surface area contributed by atoms with Gasteiger partial charge in [0.1, 0.15) is 11.5 Å². The maximum Gasteiger partial charge on any atom is 0.416 e. The van der Waals surface area contributed by atoms with E-state index in [9.17, 15) is 22.4 Å². The Morgan fingerprint density at radius 3 is 2.04 bits per heavy atom. The average molecular weight is 390 g/mol. The van der Waals surface area contributed by atoms with Crippen LogP contribution in [0.25, 0.3) is 0 Å². The molecule has 1 aromatic heterocycles. The van der Waals surface area contributed by atoms with E-state index in [1.807, 2.05) is 0 Å². The molecule has 2 aromatic carbocycles. The highest BCUT2D eigenvalue weighted by atomic mass is 19.4. The van der Waals surface area contributed by atoms with E-state index in [1.54, 1.807) is 24.3 Å². The number of nitrogens with zero attached hydrogens (tertiary/aromatic N) is 1. The second-order valence-electron chi connectivity index (χ2n) is 5.87. The van der Waals surface area contributed by atoms with Crippen LogP contribution in [0.3, 0.4) is 0 Å². The number of benzene rings is 2. The fraction of sp³-hybridized carbons (Fsp3) is 0.100. The molecule has 3 rings (SSSR count). The number of ether oxygens (including phenoxy) is 1. The zero-order chi connectivity index (χ0) is 20.3. The van der Waals surface area contributed by atoms with Gasteiger partial charge in [-0.05, 0) is 67.6 Å². The number of halogens is 4. The lowest BCUT2D eigenvalue weighted by Crippen LogP contribution is -2.14. The third kappa shape index (κ3) is 4.64. The van der Waals surface area contributed by atoms with E-state index in [1.165, 1.54) is 25.1 Å². The number of aromatic nitrogens is 1. The zero-order valence-corrected chi connectivity index (χ0v) is 14.5. The van der Waals surface area contributed by atoms with Crippen LogP contribution in [0.15, 0.2) is 60.7 Å². The standard InChI is InChI=1S/C20H14F4N2O2/c1-12-17(10-11-18(21)25-12)19(27)26-14-4-8-16(9-5-14)28-15-6-2-13(3-7-15)20(22,23)24/h2-11H,1H3,(H,26,27). The van der Waals surface area contributed by atoms with Gasteiger partial charge in [0, 0.05) is 5.69 Å². The van der Waals surface area contributed by atoms with Crippen molar-refractivity contribution in [1.82, 2.24) is 4.98 Å². The molecule has 0 fully saturated rings. The molecule has 0 saturated heterocycles. The summed E-state index contributed by atoms with van der Waals surface area (Å²) < 4.78 is 56.2. The van der Waals surface area contributed by atoms with Crippen molar-refractivity contribution < 1.29 is 27.1 Å². The molecule has 144 valence electrons. The molecule has 1 heterocycles. The number of hydrogen-bond acceptors (Lipinski definition) is 3. The van der Waals surface area contributed by atoms with Gasteiger partial charge in [0.2, 0.25) is 5.95 Å². The van der Waals surface area contributed by atoms with Gasteiger partial charge < -0.3 is 10.1 Å². The number of carbonyl (C=O) groups is 1. The number of aryl methyl sites for hydroxylation is 1. The number of rotatable bonds is 4.